The van der Waals surface area contributed by atoms with Gasteiger partial charge in [-0.2, -0.15) is 0 Å². The summed E-state index contributed by atoms with van der Waals surface area (Å²) < 4.78 is 5.39. The molecule has 2 heteroatoms. The predicted octanol–water partition coefficient (Wildman–Crippen LogP) is 1.29. The van der Waals surface area contributed by atoms with Crippen LogP contribution in [0.4, 0.5) is 0 Å². The maximum atomic E-state index is 8.88. The summed E-state index contributed by atoms with van der Waals surface area (Å²) in [6, 6.07) is 9.99. The summed E-state index contributed by atoms with van der Waals surface area (Å²) in [5.41, 5.74) is 0.903. The van der Waals surface area contributed by atoms with Gasteiger partial charge in [-0.15, -0.1) is 0 Å². The summed E-state index contributed by atoms with van der Waals surface area (Å²) in [5.74, 6) is 0. The number of hydrogen-bond acceptors (Lipinski definition) is 2. The molecule has 2 rings (SSSR count). The summed E-state index contributed by atoms with van der Waals surface area (Å²) in [6.45, 7) is 2.11. The van der Waals surface area contributed by atoms with E-state index >= 15 is 0 Å². The molecule has 12 heavy (non-hydrogen) atoms. The zero-order chi connectivity index (χ0) is 8.60. The molecular weight excluding hydrogens is 152 g/mol. The van der Waals surface area contributed by atoms with Crippen LogP contribution in [-0.2, 0) is 10.3 Å². The highest BCUT2D eigenvalue weighted by Gasteiger charge is 2.52. The van der Waals surface area contributed by atoms with Crippen LogP contribution in [0.15, 0.2) is 30.3 Å². The second-order valence-electron chi connectivity index (χ2n) is 3.26. The quantitative estimate of drug-likeness (QED) is 0.668. The van der Waals surface area contributed by atoms with Crippen molar-refractivity contribution in [1.29, 1.82) is 0 Å². The van der Waals surface area contributed by atoms with Crippen LogP contribution in [0.5, 0.6) is 0 Å². The van der Waals surface area contributed by atoms with Crippen LogP contribution < -0.4 is 0 Å². The lowest BCUT2D eigenvalue weighted by atomic mass is 9.98. The molecule has 64 valence electrons. The van der Waals surface area contributed by atoms with E-state index in [-0.39, 0.29) is 18.3 Å². The molecule has 1 aromatic carbocycles. The average molecular weight is 164 g/mol. The molecule has 0 radical (unpaired) electrons. The first-order valence-electron chi connectivity index (χ1n) is 4.11. The van der Waals surface area contributed by atoms with Crippen LogP contribution in [0.3, 0.4) is 0 Å². The third-order valence-corrected chi connectivity index (χ3v) is 2.46. The summed E-state index contributed by atoms with van der Waals surface area (Å²) in [6.07, 6.45) is -0.0140. The molecule has 1 N–H and O–H groups in total. The van der Waals surface area contributed by atoms with Crippen molar-refractivity contribution in [3.05, 3.63) is 35.9 Å². The van der Waals surface area contributed by atoms with Crippen LogP contribution >= 0.6 is 0 Å². The average Bonchev–Trinajstić information content (AvgIpc) is 2.81. The molecule has 1 heterocycles. The van der Waals surface area contributed by atoms with E-state index in [0.29, 0.717) is 0 Å². The van der Waals surface area contributed by atoms with Gasteiger partial charge in [0.05, 0.1) is 6.61 Å². The van der Waals surface area contributed by atoms with E-state index in [0.717, 1.165) is 5.56 Å². The second-order valence-corrected chi connectivity index (χ2v) is 3.26. The van der Waals surface area contributed by atoms with Gasteiger partial charge in [0.25, 0.3) is 0 Å². The molecule has 2 nitrogen and oxygen atoms in total. The van der Waals surface area contributed by atoms with E-state index in [1.54, 1.807) is 0 Å². The van der Waals surface area contributed by atoms with Crippen molar-refractivity contribution in [1.82, 2.24) is 0 Å². The van der Waals surface area contributed by atoms with E-state index < -0.39 is 0 Å². The molecule has 0 aliphatic carbocycles. The molecule has 1 fully saturated rings. The number of aliphatic hydroxyl groups excluding tert-OH is 1. The minimum absolute atomic E-state index is 0.0140. The lowest BCUT2D eigenvalue weighted by molar-refractivity contribution is 0.237. The van der Waals surface area contributed by atoms with Gasteiger partial charge in [-0.05, 0) is 12.5 Å². The molecule has 1 aromatic rings. The van der Waals surface area contributed by atoms with Crippen molar-refractivity contribution in [3.63, 3.8) is 0 Å². The monoisotopic (exact) mass is 164 g/mol. The van der Waals surface area contributed by atoms with Crippen molar-refractivity contribution in [3.8, 4) is 0 Å². The molecule has 2 atom stereocenters. The first-order chi connectivity index (χ1) is 5.77. The van der Waals surface area contributed by atoms with Crippen LogP contribution in [0, 0.1) is 0 Å². The molecule has 1 aliphatic heterocycles. The van der Waals surface area contributed by atoms with E-state index in [9.17, 15) is 0 Å². The summed E-state index contributed by atoms with van der Waals surface area (Å²) >= 11 is 0. The molecule has 0 bridgehead atoms. The van der Waals surface area contributed by atoms with Crippen LogP contribution in [0.1, 0.15) is 12.5 Å². The number of benzene rings is 1. The Labute approximate surface area is 71.8 Å². The van der Waals surface area contributed by atoms with Gasteiger partial charge in [-0.1, -0.05) is 30.3 Å². The Balaban J connectivity index is 2.23. The maximum Gasteiger partial charge on any atom is 0.119 e. The van der Waals surface area contributed by atoms with Crippen molar-refractivity contribution in [2.75, 3.05) is 6.61 Å². The molecule has 1 aliphatic rings. The van der Waals surface area contributed by atoms with E-state index in [2.05, 4.69) is 0 Å². The zero-order valence-corrected chi connectivity index (χ0v) is 7.03. The van der Waals surface area contributed by atoms with Gasteiger partial charge in [-0.25, -0.2) is 0 Å². The molecule has 0 unspecified atom stereocenters. The number of epoxide rings is 1. The minimum atomic E-state index is -0.240. The van der Waals surface area contributed by atoms with E-state index in [1.807, 2.05) is 37.3 Å². The van der Waals surface area contributed by atoms with Crippen LogP contribution in [-0.4, -0.2) is 17.8 Å². The summed E-state index contributed by atoms with van der Waals surface area (Å²) in [5, 5.41) is 8.88. The minimum Gasteiger partial charge on any atom is -0.394 e. The topological polar surface area (TPSA) is 32.8 Å². The fourth-order valence-electron chi connectivity index (χ4n) is 1.50. The Kier molecular flexibility index (Phi) is 1.67. The first kappa shape index (κ1) is 7.77. The van der Waals surface area contributed by atoms with Gasteiger partial charge >= 0.3 is 0 Å². The normalized spacial score (nSPS) is 33.3. The highest BCUT2D eigenvalue weighted by Crippen LogP contribution is 2.45. The first-order valence-corrected chi connectivity index (χ1v) is 4.11. The highest BCUT2D eigenvalue weighted by atomic mass is 16.6. The largest absolute Gasteiger partial charge is 0.394 e. The van der Waals surface area contributed by atoms with Crippen LogP contribution in [0.25, 0.3) is 0 Å². The van der Waals surface area contributed by atoms with E-state index in [1.165, 1.54) is 0 Å². The Morgan fingerprint density at radius 1 is 1.42 bits per heavy atom. The lowest BCUT2D eigenvalue weighted by Crippen LogP contribution is -2.09. The summed E-state index contributed by atoms with van der Waals surface area (Å²) in [4.78, 5) is 0. The Hall–Kier alpha value is -0.860. The van der Waals surface area contributed by atoms with Crippen molar-refractivity contribution in [2.24, 2.45) is 0 Å². The Morgan fingerprint density at radius 3 is 2.58 bits per heavy atom. The fourth-order valence-corrected chi connectivity index (χ4v) is 1.50. The fraction of sp³-hybridized carbons (Fsp3) is 0.400. The zero-order valence-electron chi connectivity index (χ0n) is 7.03. The second kappa shape index (κ2) is 2.57. The highest BCUT2D eigenvalue weighted by molar-refractivity contribution is 5.27. The van der Waals surface area contributed by atoms with Crippen molar-refractivity contribution in [2.45, 2.75) is 18.6 Å². The number of rotatable bonds is 2. The Bertz CT molecular complexity index is 270. The third kappa shape index (κ3) is 1.04. The molecule has 0 saturated carbocycles. The van der Waals surface area contributed by atoms with Gasteiger partial charge in [0.1, 0.15) is 11.7 Å². The van der Waals surface area contributed by atoms with Gasteiger partial charge in [0, 0.05) is 0 Å². The maximum absolute atomic E-state index is 8.88. The molecule has 0 amide bonds. The van der Waals surface area contributed by atoms with Gasteiger partial charge in [-0.3, -0.25) is 0 Å². The molecule has 0 spiro atoms. The smallest absolute Gasteiger partial charge is 0.119 e. The number of hydrogen-bond donors (Lipinski definition) is 1. The molecule has 0 aromatic heterocycles. The number of aliphatic hydroxyl groups is 1. The third-order valence-electron chi connectivity index (χ3n) is 2.46. The lowest BCUT2D eigenvalue weighted by Gasteiger charge is -2.04. The summed E-state index contributed by atoms with van der Waals surface area (Å²) in [7, 11) is 0. The van der Waals surface area contributed by atoms with Crippen LogP contribution in [0.2, 0.25) is 0 Å². The SMILES string of the molecule is C[C@]1(c2ccccc2)O[C@H]1CO. The van der Waals surface area contributed by atoms with E-state index in [4.69, 9.17) is 9.84 Å². The Morgan fingerprint density at radius 2 is 2.08 bits per heavy atom. The van der Waals surface area contributed by atoms with Crippen molar-refractivity contribution >= 4 is 0 Å². The van der Waals surface area contributed by atoms with Gasteiger partial charge < -0.3 is 9.84 Å². The predicted molar refractivity (Wildman–Crippen MR) is 45.8 cm³/mol. The number of ether oxygens (including phenoxy) is 1. The van der Waals surface area contributed by atoms with Crippen molar-refractivity contribution < 1.29 is 9.84 Å². The van der Waals surface area contributed by atoms with Gasteiger partial charge in [0.2, 0.25) is 0 Å². The molecule has 1 saturated heterocycles. The standard InChI is InChI=1S/C10H12O2/c1-10(9(7-11)12-10)8-5-3-2-4-6-8/h2-6,9,11H,7H2,1H3/t9-,10+/m0/s1. The van der Waals surface area contributed by atoms with Gasteiger partial charge in [0.15, 0.2) is 0 Å². The molecular formula is C10H12O2.